The van der Waals surface area contributed by atoms with Crippen molar-refractivity contribution in [2.45, 2.75) is 43.7 Å². The van der Waals surface area contributed by atoms with Crippen molar-refractivity contribution >= 4 is 11.6 Å². The third-order valence-corrected chi connectivity index (χ3v) is 5.47. The molecule has 0 atom stereocenters. The van der Waals surface area contributed by atoms with E-state index in [4.69, 9.17) is 11.6 Å². The highest BCUT2D eigenvalue weighted by Gasteiger charge is 2.37. The molecule has 1 aromatic carbocycles. The number of pyridine rings is 1. The highest BCUT2D eigenvalue weighted by Crippen LogP contribution is 2.44. The van der Waals surface area contributed by atoms with Crippen LogP contribution in [-0.2, 0) is 4.79 Å². The van der Waals surface area contributed by atoms with E-state index in [-0.39, 0.29) is 40.4 Å². The van der Waals surface area contributed by atoms with Crippen molar-refractivity contribution < 1.29 is 35.5 Å². The van der Waals surface area contributed by atoms with Crippen molar-refractivity contribution in [3.63, 3.8) is 0 Å². The Balaban J connectivity index is 2.01. The van der Waals surface area contributed by atoms with Gasteiger partial charge in [0.1, 0.15) is 23.9 Å². The van der Waals surface area contributed by atoms with E-state index < -0.39 is 60.6 Å². The molecule has 1 aromatic heterocycles. The Kier molecular flexibility index (Phi) is 7.58. The first kappa shape index (κ1) is 26.3. The van der Waals surface area contributed by atoms with Gasteiger partial charge in [0.15, 0.2) is 0 Å². The van der Waals surface area contributed by atoms with E-state index in [0.29, 0.717) is 6.20 Å². The molecule has 1 fully saturated rings. The van der Waals surface area contributed by atoms with Gasteiger partial charge in [-0.15, -0.1) is 0 Å². The number of nitrogens with zero attached hydrogens (tertiary/aromatic N) is 2. The normalized spacial score (nSPS) is 16.7. The number of carbonyl (C=O) groups excluding carboxylic acids is 1. The number of hydrogen-bond donors (Lipinski definition) is 3. The lowest BCUT2D eigenvalue weighted by Crippen LogP contribution is -2.37. The molecule has 13 heteroatoms. The van der Waals surface area contributed by atoms with Crippen LogP contribution in [-0.4, -0.2) is 34.5 Å². The van der Waals surface area contributed by atoms with Crippen molar-refractivity contribution in [1.29, 1.82) is 0 Å². The molecule has 0 saturated heterocycles. The van der Waals surface area contributed by atoms with Gasteiger partial charge in [-0.2, -0.15) is 13.2 Å². The first-order valence-electron chi connectivity index (χ1n) is 10.4. The van der Waals surface area contributed by atoms with Crippen LogP contribution < -0.4 is 16.9 Å². The number of rotatable bonds is 6. The second-order valence-electron chi connectivity index (χ2n) is 8.20. The molecule has 1 heterocycles. The fraction of sp³-hybridized carbons (Fsp3) is 0.364. The van der Waals surface area contributed by atoms with Gasteiger partial charge in [-0.3, -0.25) is 9.78 Å². The molecule has 0 bridgehead atoms. The molecule has 35 heavy (non-hydrogen) atoms. The monoisotopic (exact) mass is 505 g/mol. The predicted molar refractivity (Wildman–Crippen MR) is 114 cm³/mol. The summed E-state index contributed by atoms with van der Waals surface area (Å²) in [5.41, 5.74) is 4.65. The zero-order valence-electron chi connectivity index (χ0n) is 18.2. The minimum Gasteiger partial charge on any atom is -0.393 e. The number of nitrogens with one attached hydrogen (secondary N) is 1. The molecular formula is C22H22F7N5O. The standard InChI is InChI=1S/C22H22F7N5O/c23-13-1-2-16(24)15(9-13)14-5-8-32-18(12-3-6-21(25,26)7-4-12)19(14)33-20(35)17(30)10-34(31)11-22(27,28)29/h1-2,5,8-10,12H,3-4,6-7,11,30-31H2,(H,33,35)/b17-10-. The average Bonchev–Trinajstić information content (AvgIpc) is 2.74. The van der Waals surface area contributed by atoms with E-state index >= 15 is 0 Å². The number of nitrogens with two attached hydrogens (primary N) is 2. The zero-order chi connectivity index (χ0) is 26.0. The van der Waals surface area contributed by atoms with Crippen LogP contribution in [0.15, 0.2) is 42.4 Å². The molecule has 1 aliphatic carbocycles. The van der Waals surface area contributed by atoms with Gasteiger partial charge in [0.2, 0.25) is 5.92 Å². The minimum absolute atomic E-state index is 0.00540. The average molecular weight is 505 g/mol. The molecule has 1 amide bonds. The van der Waals surface area contributed by atoms with E-state index in [2.05, 4.69) is 10.3 Å². The molecule has 1 saturated carbocycles. The quantitative estimate of drug-likeness (QED) is 0.227. The first-order chi connectivity index (χ1) is 16.3. The van der Waals surface area contributed by atoms with Gasteiger partial charge in [0.05, 0.1) is 11.4 Å². The summed E-state index contributed by atoms with van der Waals surface area (Å²) in [6, 6.07) is 3.92. The molecule has 6 nitrogen and oxygen atoms in total. The Morgan fingerprint density at radius 3 is 2.46 bits per heavy atom. The van der Waals surface area contributed by atoms with E-state index in [1.165, 1.54) is 12.3 Å². The molecule has 0 radical (unpaired) electrons. The van der Waals surface area contributed by atoms with Crippen LogP contribution in [0, 0.1) is 11.6 Å². The molecule has 5 N–H and O–H groups in total. The van der Waals surface area contributed by atoms with Gasteiger partial charge < -0.3 is 16.1 Å². The molecule has 190 valence electrons. The van der Waals surface area contributed by atoms with Gasteiger partial charge in [0, 0.05) is 42.3 Å². The van der Waals surface area contributed by atoms with Crippen molar-refractivity contribution in [3.8, 4) is 11.1 Å². The fourth-order valence-electron chi connectivity index (χ4n) is 3.84. The van der Waals surface area contributed by atoms with Crippen LogP contribution in [0.5, 0.6) is 0 Å². The third-order valence-electron chi connectivity index (χ3n) is 5.47. The zero-order valence-corrected chi connectivity index (χ0v) is 18.2. The maximum Gasteiger partial charge on any atom is 0.407 e. The molecule has 0 spiro atoms. The summed E-state index contributed by atoms with van der Waals surface area (Å²) in [6.07, 6.45) is -3.70. The van der Waals surface area contributed by atoms with Crippen LogP contribution in [0.2, 0.25) is 0 Å². The number of carbonyl (C=O) groups is 1. The fourth-order valence-corrected chi connectivity index (χ4v) is 3.84. The topological polar surface area (TPSA) is 97.3 Å². The van der Waals surface area contributed by atoms with Crippen LogP contribution in [0.25, 0.3) is 11.1 Å². The lowest BCUT2D eigenvalue weighted by Gasteiger charge is -2.29. The number of aromatic nitrogens is 1. The highest BCUT2D eigenvalue weighted by molar-refractivity contribution is 6.05. The SMILES string of the molecule is N/C(=C\N(N)CC(F)(F)F)C(=O)Nc1c(-c2cc(F)ccc2F)ccnc1C1CCC(F)(F)CC1. The highest BCUT2D eigenvalue weighted by atomic mass is 19.4. The van der Waals surface area contributed by atoms with Gasteiger partial charge in [-0.1, -0.05) is 0 Å². The molecule has 1 aliphatic rings. The number of halogens is 7. The Morgan fingerprint density at radius 2 is 1.83 bits per heavy atom. The largest absolute Gasteiger partial charge is 0.407 e. The van der Waals surface area contributed by atoms with Crippen molar-refractivity contribution in [1.82, 2.24) is 9.99 Å². The van der Waals surface area contributed by atoms with Crippen LogP contribution >= 0.6 is 0 Å². The Morgan fingerprint density at radius 1 is 1.17 bits per heavy atom. The second kappa shape index (κ2) is 10.1. The Labute approximate surface area is 195 Å². The maximum atomic E-state index is 14.6. The summed E-state index contributed by atoms with van der Waals surface area (Å²) < 4.78 is 93.4. The number of hydrazine groups is 1. The van der Waals surface area contributed by atoms with Gasteiger partial charge >= 0.3 is 6.18 Å². The van der Waals surface area contributed by atoms with Gasteiger partial charge in [-0.05, 0) is 37.1 Å². The third kappa shape index (κ3) is 6.84. The summed E-state index contributed by atoms with van der Waals surface area (Å²) >= 11 is 0. The van der Waals surface area contributed by atoms with Crippen LogP contribution in [0.4, 0.5) is 36.4 Å². The maximum absolute atomic E-state index is 14.6. The van der Waals surface area contributed by atoms with E-state index in [1.54, 1.807) is 0 Å². The van der Waals surface area contributed by atoms with Crippen LogP contribution in [0.1, 0.15) is 37.3 Å². The van der Waals surface area contributed by atoms with Gasteiger partial charge in [0.25, 0.3) is 5.91 Å². The number of alkyl halides is 5. The molecule has 3 rings (SSSR count). The Bertz CT molecular complexity index is 1110. The number of anilines is 1. The van der Waals surface area contributed by atoms with E-state index in [9.17, 15) is 35.5 Å². The summed E-state index contributed by atoms with van der Waals surface area (Å²) in [5, 5.41) is 2.54. The minimum atomic E-state index is -4.66. The lowest BCUT2D eigenvalue weighted by atomic mass is 9.83. The van der Waals surface area contributed by atoms with E-state index in [0.717, 1.165) is 18.2 Å². The predicted octanol–water partition coefficient (Wildman–Crippen LogP) is 4.80. The second-order valence-corrected chi connectivity index (χ2v) is 8.20. The van der Waals surface area contributed by atoms with Crippen LogP contribution in [0.3, 0.4) is 0 Å². The van der Waals surface area contributed by atoms with E-state index in [1.807, 2.05) is 0 Å². The number of hydrogen-bond acceptors (Lipinski definition) is 5. The molecule has 0 unspecified atom stereocenters. The van der Waals surface area contributed by atoms with Crippen molar-refractivity contribution in [3.05, 3.63) is 59.7 Å². The van der Waals surface area contributed by atoms with Crippen molar-refractivity contribution in [2.75, 3.05) is 11.9 Å². The smallest absolute Gasteiger partial charge is 0.393 e. The summed E-state index contributed by atoms with van der Waals surface area (Å²) in [5.74, 6) is -0.904. The summed E-state index contributed by atoms with van der Waals surface area (Å²) in [7, 11) is 0. The van der Waals surface area contributed by atoms with Crippen molar-refractivity contribution in [2.24, 2.45) is 11.6 Å². The number of benzene rings is 1. The summed E-state index contributed by atoms with van der Waals surface area (Å²) in [6.45, 7) is -1.59. The molecule has 2 aromatic rings. The number of amides is 1. The molecule has 0 aliphatic heterocycles. The first-order valence-corrected chi connectivity index (χ1v) is 10.4. The lowest BCUT2D eigenvalue weighted by molar-refractivity contribution is -0.141. The summed E-state index contributed by atoms with van der Waals surface area (Å²) in [4.78, 5) is 16.9. The van der Waals surface area contributed by atoms with Gasteiger partial charge in [-0.25, -0.2) is 23.4 Å². The Hall–Kier alpha value is -3.35. The molecular weight excluding hydrogens is 483 g/mol.